The zero-order valence-corrected chi connectivity index (χ0v) is 13.0. The average Bonchev–Trinajstić information content (AvgIpc) is 3.02. The third-order valence-electron chi connectivity index (χ3n) is 6.45. The SMILES string of the molecule is CC1CC(C)C(C(=O)NCC2CC3CCC2C3)CC1N. The van der Waals surface area contributed by atoms with Crippen molar-refractivity contribution in [2.75, 3.05) is 6.54 Å². The van der Waals surface area contributed by atoms with Gasteiger partial charge < -0.3 is 11.1 Å². The number of nitrogens with two attached hydrogens (primary N) is 1. The van der Waals surface area contributed by atoms with Crippen LogP contribution in [0, 0.1) is 35.5 Å². The second-order valence-corrected chi connectivity index (χ2v) is 7.88. The van der Waals surface area contributed by atoms with Crippen LogP contribution in [0.5, 0.6) is 0 Å². The summed E-state index contributed by atoms with van der Waals surface area (Å²) in [5.74, 6) is 4.05. The van der Waals surface area contributed by atoms with Gasteiger partial charge in [-0.3, -0.25) is 4.79 Å². The number of nitrogens with one attached hydrogen (secondary N) is 1. The van der Waals surface area contributed by atoms with Crippen molar-refractivity contribution in [3.05, 3.63) is 0 Å². The van der Waals surface area contributed by atoms with Gasteiger partial charge in [-0.1, -0.05) is 20.3 Å². The lowest BCUT2D eigenvalue weighted by Gasteiger charge is -2.36. The summed E-state index contributed by atoms with van der Waals surface area (Å²) in [6.07, 6.45) is 7.55. The molecule has 0 aromatic carbocycles. The van der Waals surface area contributed by atoms with Crippen LogP contribution in [0.1, 0.15) is 52.4 Å². The Morgan fingerprint density at radius 3 is 2.55 bits per heavy atom. The molecule has 0 aromatic rings. The molecule has 1 amide bonds. The highest BCUT2D eigenvalue weighted by molar-refractivity contribution is 5.79. The molecule has 114 valence electrons. The maximum Gasteiger partial charge on any atom is 0.223 e. The molecule has 0 spiro atoms. The number of amides is 1. The molecule has 0 heterocycles. The molecule has 3 nitrogen and oxygen atoms in total. The molecule has 3 aliphatic rings. The summed E-state index contributed by atoms with van der Waals surface area (Å²) in [7, 11) is 0. The van der Waals surface area contributed by atoms with E-state index in [2.05, 4.69) is 19.2 Å². The Kier molecular flexibility index (Phi) is 4.07. The first-order valence-corrected chi connectivity index (χ1v) is 8.58. The predicted octanol–water partition coefficient (Wildman–Crippen LogP) is 2.55. The van der Waals surface area contributed by atoms with Crippen LogP contribution in [0.4, 0.5) is 0 Å². The van der Waals surface area contributed by atoms with Crippen molar-refractivity contribution in [3.8, 4) is 0 Å². The van der Waals surface area contributed by atoms with Gasteiger partial charge in [0.15, 0.2) is 0 Å². The Morgan fingerprint density at radius 2 is 1.90 bits per heavy atom. The first-order chi connectivity index (χ1) is 9.54. The minimum absolute atomic E-state index is 0.139. The van der Waals surface area contributed by atoms with E-state index < -0.39 is 0 Å². The largest absolute Gasteiger partial charge is 0.356 e. The number of fused-ring (bicyclic) bond motifs is 2. The minimum atomic E-state index is 0.139. The van der Waals surface area contributed by atoms with Gasteiger partial charge in [0.1, 0.15) is 0 Å². The molecule has 7 atom stereocenters. The van der Waals surface area contributed by atoms with Gasteiger partial charge in [0.2, 0.25) is 5.91 Å². The van der Waals surface area contributed by atoms with Crippen molar-refractivity contribution in [1.29, 1.82) is 0 Å². The van der Waals surface area contributed by atoms with Crippen LogP contribution in [0.3, 0.4) is 0 Å². The first kappa shape index (κ1) is 14.4. The van der Waals surface area contributed by atoms with Crippen molar-refractivity contribution in [3.63, 3.8) is 0 Å². The topological polar surface area (TPSA) is 55.1 Å². The fraction of sp³-hybridized carbons (Fsp3) is 0.941. The zero-order valence-electron chi connectivity index (χ0n) is 13.0. The van der Waals surface area contributed by atoms with Gasteiger partial charge in [0.05, 0.1) is 0 Å². The van der Waals surface area contributed by atoms with Gasteiger partial charge in [0, 0.05) is 18.5 Å². The van der Waals surface area contributed by atoms with Crippen LogP contribution < -0.4 is 11.1 Å². The Bertz CT molecular complexity index is 370. The van der Waals surface area contributed by atoms with E-state index in [-0.39, 0.29) is 17.9 Å². The average molecular weight is 278 g/mol. The number of hydrogen-bond acceptors (Lipinski definition) is 2. The molecule has 20 heavy (non-hydrogen) atoms. The van der Waals surface area contributed by atoms with Crippen molar-refractivity contribution in [1.82, 2.24) is 5.32 Å². The lowest BCUT2D eigenvalue weighted by atomic mass is 9.72. The normalized spacial score (nSPS) is 47.5. The number of hydrogen-bond donors (Lipinski definition) is 2. The monoisotopic (exact) mass is 278 g/mol. The molecule has 0 saturated heterocycles. The Hall–Kier alpha value is -0.570. The van der Waals surface area contributed by atoms with E-state index in [0.29, 0.717) is 11.8 Å². The Balaban J connectivity index is 1.49. The van der Waals surface area contributed by atoms with Crippen molar-refractivity contribution in [2.45, 2.75) is 58.4 Å². The third kappa shape index (κ3) is 2.74. The number of carbonyl (C=O) groups is 1. The smallest absolute Gasteiger partial charge is 0.223 e. The van der Waals surface area contributed by atoms with Crippen LogP contribution in [0.25, 0.3) is 0 Å². The number of carbonyl (C=O) groups excluding carboxylic acids is 1. The maximum absolute atomic E-state index is 12.5. The van der Waals surface area contributed by atoms with E-state index in [1.165, 1.54) is 25.7 Å². The molecule has 0 radical (unpaired) electrons. The molecule has 3 fully saturated rings. The van der Waals surface area contributed by atoms with E-state index in [9.17, 15) is 4.79 Å². The van der Waals surface area contributed by atoms with E-state index >= 15 is 0 Å². The van der Waals surface area contributed by atoms with Crippen molar-refractivity contribution < 1.29 is 4.79 Å². The zero-order chi connectivity index (χ0) is 14.3. The summed E-state index contributed by atoms with van der Waals surface area (Å²) in [4.78, 5) is 12.5. The summed E-state index contributed by atoms with van der Waals surface area (Å²) in [5.41, 5.74) is 6.16. The fourth-order valence-electron chi connectivity index (χ4n) is 5.04. The van der Waals surface area contributed by atoms with Gasteiger partial charge in [-0.25, -0.2) is 0 Å². The van der Waals surface area contributed by atoms with Gasteiger partial charge in [-0.05, 0) is 61.7 Å². The quantitative estimate of drug-likeness (QED) is 0.833. The molecule has 3 saturated carbocycles. The molecule has 3 aliphatic carbocycles. The second-order valence-electron chi connectivity index (χ2n) is 7.88. The summed E-state index contributed by atoms with van der Waals surface area (Å²) in [6, 6.07) is 0.199. The van der Waals surface area contributed by atoms with Gasteiger partial charge in [0.25, 0.3) is 0 Å². The van der Waals surface area contributed by atoms with Crippen LogP contribution in [-0.2, 0) is 4.79 Å². The molecule has 3 rings (SSSR count). The van der Waals surface area contributed by atoms with Crippen molar-refractivity contribution in [2.24, 2.45) is 41.2 Å². The minimum Gasteiger partial charge on any atom is -0.356 e. The Labute approximate surface area is 123 Å². The van der Waals surface area contributed by atoms with Crippen LogP contribution in [-0.4, -0.2) is 18.5 Å². The highest BCUT2D eigenvalue weighted by Gasteiger charge is 2.40. The van der Waals surface area contributed by atoms with E-state index in [1.807, 2.05) is 0 Å². The third-order valence-corrected chi connectivity index (χ3v) is 6.45. The number of rotatable bonds is 3. The lowest BCUT2D eigenvalue weighted by Crippen LogP contribution is -2.46. The summed E-state index contributed by atoms with van der Waals surface area (Å²) < 4.78 is 0. The first-order valence-electron chi connectivity index (χ1n) is 8.58. The summed E-state index contributed by atoms with van der Waals surface area (Å²) >= 11 is 0. The van der Waals surface area contributed by atoms with Crippen molar-refractivity contribution >= 4 is 5.91 Å². The highest BCUT2D eigenvalue weighted by atomic mass is 16.1. The second kappa shape index (κ2) is 5.67. The molecule has 3 heteroatoms. The predicted molar refractivity (Wildman–Crippen MR) is 81.0 cm³/mol. The molecule has 2 bridgehead atoms. The molecule has 0 aliphatic heterocycles. The van der Waals surface area contributed by atoms with E-state index in [4.69, 9.17) is 5.73 Å². The van der Waals surface area contributed by atoms with Crippen LogP contribution in [0.2, 0.25) is 0 Å². The van der Waals surface area contributed by atoms with Gasteiger partial charge >= 0.3 is 0 Å². The Morgan fingerprint density at radius 1 is 1.10 bits per heavy atom. The molecule has 3 N–H and O–H groups in total. The van der Waals surface area contributed by atoms with Gasteiger partial charge in [-0.15, -0.1) is 0 Å². The van der Waals surface area contributed by atoms with Crippen LogP contribution in [0.15, 0.2) is 0 Å². The molecule has 7 unspecified atom stereocenters. The molecular weight excluding hydrogens is 248 g/mol. The maximum atomic E-state index is 12.5. The van der Waals surface area contributed by atoms with E-state index in [1.54, 1.807) is 0 Å². The van der Waals surface area contributed by atoms with E-state index in [0.717, 1.165) is 37.1 Å². The summed E-state index contributed by atoms with van der Waals surface area (Å²) in [5, 5.41) is 3.25. The summed E-state index contributed by atoms with van der Waals surface area (Å²) in [6.45, 7) is 5.34. The van der Waals surface area contributed by atoms with Crippen LogP contribution >= 0.6 is 0 Å². The lowest BCUT2D eigenvalue weighted by molar-refractivity contribution is -0.128. The molecular formula is C17H30N2O. The highest BCUT2D eigenvalue weighted by Crippen LogP contribution is 2.48. The molecule has 0 aromatic heterocycles. The standard InChI is InChI=1S/C17H30N2O/c1-10-5-11(2)16(18)8-15(10)17(20)19-9-14-7-12-3-4-13(14)6-12/h10-16H,3-9,18H2,1-2H3,(H,19,20). The fourth-order valence-corrected chi connectivity index (χ4v) is 5.04. The van der Waals surface area contributed by atoms with Gasteiger partial charge in [-0.2, -0.15) is 0 Å².